The fraction of sp³-hybridized carbons (Fsp3) is 0.588. The first kappa shape index (κ1) is 16.5. The molecule has 1 amide bonds. The first-order chi connectivity index (χ1) is 9.42. The van der Waals surface area contributed by atoms with Crippen LogP contribution in [0.25, 0.3) is 0 Å². The molecule has 0 N–H and O–H groups in total. The fourth-order valence-electron chi connectivity index (χ4n) is 1.92. The number of carbonyl (C=O) groups excluding carboxylic acids is 1. The van der Waals surface area contributed by atoms with Crippen molar-refractivity contribution in [2.75, 3.05) is 6.54 Å². The lowest BCUT2D eigenvalue weighted by atomic mass is 10.2. The van der Waals surface area contributed by atoms with E-state index in [1.807, 2.05) is 51.1 Å². The van der Waals surface area contributed by atoms with Crippen molar-refractivity contribution in [3.63, 3.8) is 0 Å². The van der Waals surface area contributed by atoms with E-state index in [4.69, 9.17) is 4.74 Å². The summed E-state index contributed by atoms with van der Waals surface area (Å²) in [5.74, 6) is 0. The Morgan fingerprint density at radius 1 is 1.15 bits per heavy atom. The minimum Gasteiger partial charge on any atom is -0.444 e. The van der Waals surface area contributed by atoms with E-state index in [1.165, 1.54) is 0 Å². The first-order valence-electron chi connectivity index (χ1n) is 7.44. The van der Waals surface area contributed by atoms with Crippen LogP contribution in [0.4, 0.5) is 4.79 Å². The Morgan fingerprint density at radius 2 is 1.80 bits per heavy atom. The molecular weight excluding hydrogens is 250 g/mol. The van der Waals surface area contributed by atoms with Crippen LogP contribution in [0, 0.1) is 0 Å². The molecule has 0 saturated heterocycles. The Labute approximate surface area is 122 Å². The molecule has 3 heteroatoms. The van der Waals surface area contributed by atoms with Crippen LogP contribution in [0.5, 0.6) is 0 Å². The summed E-state index contributed by atoms with van der Waals surface area (Å²) in [6, 6.07) is 10.1. The summed E-state index contributed by atoms with van der Waals surface area (Å²) in [5.41, 5.74) is 0.686. The summed E-state index contributed by atoms with van der Waals surface area (Å²) in [6.07, 6.45) is 3.07. The maximum atomic E-state index is 12.3. The van der Waals surface area contributed by atoms with Crippen molar-refractivity contribution in [2.45, 2.75) is 59.1 Å². The maximum Gasteiger partial charge on any atom is 0.410 e. The zero-order chi connectivity index (χ0) is 15.0. The lowest BCUT2D eigenvalue weighted by molar-refractivity contribution is 0.0230. The van der Waals surface area contributed by atoms with E-state index in [0.29, 0.717) is 6.54 Å². The molecular formula is C17H27NO2. The molecule has 0 aliphatic heterocycles. The molecule has 0 heterocycles. The van der Waals surface area contributed by atoms with Crippen molar-refractivity contribution in [1.29, 1.82) is 0 Å². The van der Waals surface area contributed by atoms with E-state index >= 15 is 0 Å². The van der Waals surface area contributed by atoms with Crippen molar-refractivity contribution in [3.05, 3.63) is 35.9 Å². The molecule has 0 radical (unpaired) electrons. The molecule has 0 saturated carbocycles. The van der Waals surface area contributed by atoms with Crippen LogP contribution in [0.15, 0.2) is 30.3 Å². The van der Waals surface area contributed by atoms with Crippen LogP contribution >= 0.6 is 0 Å². The van der Waals surface area contributed by atoms with Crippen molar-refractivity contribution >= 4 is 6.09 Å². The molecule has 0 bridgehead atoms. The highest BCUT2D eigenvalue weighted by Gasteiger charge is 2.21. The number of hydrogen-bond acceptors (Lipinski definition) is 2. The molecule has 0 spiro atoms. The normalized spacial score (nSPS) is 11.2. The highest BCUT2D eigenvalue weighted by atomic mass is 16.6. The monoisotopic (exact) mass is 277 g/mol. The molecule has 1 aromatic rings. The molecule has 0 fully saturated rings. The standard InChI is InChI=1S/C17H27NO2/c1-5-6-10-13-18(16(19)20-17(2,3)4)14-15-11-8-7-9-12-15/h7-9,11-12H,5-6,10,13-14H2,1-4H3. The van der Waals surface area contributed by atoms with Gasteiger partial charge in [-0.3, -0.25) is 0 Å². The van der Waals surface area contributed by atoms with Gasteiger partial charge >= 0.3 is 6.09 Å². The van der Waals surface area contributed by atoms with E-state index in [0.717, 1.165) is 31.4 Å². The second-order valence-electron chi connectivity index (χ2n) is 6.09. The van der Waals surface area contributed by atoms with Crippen molar-refractivity contribution in [1.82, 2.24) is 4.90 Å². The topological polar surface area (TPSA) is 29.5 Å². The third kappa shape index (κ3) is 6.60. The molecule has 0 aromatic heterocycles. The zero-order valence-electron chi connectivity index (χ0n) is 13.2. The smallest absolute Gasteiger partial charge is 0.410 e. The van der Waals surface area contributed by atoms with Crippen LogP contribution in [0.2, 0.25) is 0 Å². The molecule has 0 aliphatic carbocycles. The fourth-order valence-corrected chi connectivity index (χ4v) is 1.92. The van der Waals surface area contributed by atoms with Crippen LogP contribution in [0.1, 0.15) is 52.5 Å². The lowest BCUT2D eigenvalue weighted by Crippen LogP contribution is -2.37. The first-order valence-corrected chi connectivity index (χ1v) is 7.44. The number of ether oxygens (including phenoxy) is 1. The average molecular weight is 277 g/mol. The van der Waals surface area contributed by atoms with Gasteiger partial charge in [-0.25, -0.2) is 4.79 Å². The van der Waals surface area contributed by atoms with E-state index in [-0.39, 0.29) is 6.09 Å². The Morgan fingerprint density at radius 3 is 2.35 bits per heavy atom. The number of carbonyl (C=O) groups is 1. The molecule has 20 heavy (non-hydrogen) atoms. The number of rotatable bonds is 6. The number of hydrogen-bond donors (Lipinski definition) is 0. The quantitative estimate of drug-likeness (QED) is 0.710. The number of benzene rings is 1. The second kappa shape index (κ2) is 7.93. The van der Waals surface area contributed by atoms with Gasteiger partial charge in [-0.15, -0.1) is 0 Å². The van der Waals surface area contributed by atoms with Crippen LogP contribution in [-0.2, 0) is 11.3 Å². The molecule has 1 rings (SSSR count). The Hall–Kier alpha value is -1.51. The average Bonchev–Trinajstić information content (AvgIpc) is 2.37. The largest absolute Gasteiger partial charge is 0.444 e. The predicted molar refractivity (Wildman–Crippen MR) is 82.6 cm³/mol. The van der Waals surface area contributed by atoms with Gasteiger partial charge in [0.15, 0.2) is 0 Å². The van der Waals surface area contributed by atoms with E-state index in [9.17, 15) is 4.79 Å². The summed E-state index contributed by atoms with van der Waals surface area (Å²) >= 11 is 0. The summed E-state index contributed by atoms with van der Waals surface area (Å²) in [4.78, 5) is 14.1. The summed E-state index contributed by atoms with van der Waals surface area (Å²) < 4.78 is 5.49. The number of unbranched alkanes of at least 4 members (excludes halogenated alkanes) is 2. The van der Waals surface area contributed by atoms with Crippen LogP contribution < -0.4 is 0 Å². The third-order valence-corrected chi connectivity index (χ3v) is 2.90. The van der Waals surface area contributed by atoms with Crippen LogP contribution in [-0.4, -0.2) is 23.1 Å². The highest BCUT2D eigenvalue weighted by Crippen LogP contribution is 2.13. The highest BCUT2D eigenvalue weighted by molar-refractivity contribution is 5.68. The van der Waals surface area contributed by atoms with Gasteiger partial charge in [0.25, 0.3) is 0 Å². The second-order valence-corrected chi connectivity index (χ2v) is 6.09. The molecule has 0 atom stereocenters. The van der Waals surface area contributed by atoms with Crippen molar-refractivity contribution in [3.8, 4) is 0 Å². The van der Waals surface area contributed by atoms with Crippen molar-refractivity contribution in [2.24, 2.45) is 0 Å². The summed E-state index contributed by atoms with van der Waals surface area (Å²) in [7, 11) is 0. The van der Waals surface area contributed by atoms with E-state index in [2.05, 4.69) is 6.92 Å². The van der Waals surface area contributed by atoms with Gasteiger partial charge < -0.3 is 9.64 Å². The molecule has 3 nitrogen and oxygen atoms in total. The van der Waals surface area contributed by atoms with Gasteiger partial charge in [0.05, 0.1) is 0 Å². The Bertz CT molecular complexity index is 395. The van der Waals surface area contributed by atoms with Crippen molar-refractivity contribution < 1.29 is 9.53 Å². The minimum atomic E-state index is -0.448. The van der Waals surface area contributed by atoms with Gasteiger partial charge in [0.1, 0.15) is 5.60 Å². The molecule has 0 unspecified atom stereocenters. The SMILES string of the molecule is CCCCCN(Cc1ccccc1)C(=O)OC(C)(C)C. The summed E-state index contributed by atoms with van der Waals surface area (Å²) in [5, 5.41) is 0. The van der Waals surface area contributed by atoms with Gasteiger partial charge in [0.2, 0.25) is 0 Å². The van der Waals surface area contributed by atoms with Gasteiger partial charge in [-0.05, 0) is 32.8 Å². The van der Waals surface area contributed by atoms with E-state index < -0.39 is 5.60 Å². The minimum absolute atomic E-state index is 0.225. The molecule has 112 valence electrons. The van der Waals surface area contributed by atoms with E-state index in [1.54, 1.807) is 4.90 Å². The zero-order valence-corrected chi connectivity index (χ0v) is 13.2. The Kier molecular flexibility index (Phi) is 6.56. The molecule has 0 aliphatic rings. The molecule has 1 aromatic carbocycles. The van der Waals surface area contributed by atoms with Gasteiger partial charge in [-0.1, -0.05) is 50.1 Å². The Balaban J connectivity index is 2.66. The third-order valence-electron chi connectivity index (χ3n) is 2.90. The van der Waals surface area contributed by atoms with Gasteiger partial charge in [-0.2, -0.15) is 0 Å². The van der Waals surface area contributed by atoms with Gasteiger partial charge in [0, 0.05) is 13.1 Å². The number of nitrogens with zero attached hydrogens (tertiary/aromatic N) is 1. The number of amides is 1. The lowest BCUT2D eigenvalue weighted by Gasteiger charge is -2.27. The maximum absolute atomic E-state index is 12.3. The van der Waals surface area contributed by atoms with Crippen LogP contribution in [0.3, 0.4) is 0 Å². The predicted octanol–water partition coefficient (Wildman–Crippen LogP) is 4.61. The summed E-state index contributed by atoms with van der Waals surface area (Å²) in [6.45, 7) is 9.22.